The molecule has 1 aliphatic heterocycles. The summed E-state index contributed by atoms with van der Waals surface area (Å²) in [5, 5.41) is 9.61. The minimum atomic E-state index is -1.03. The minimum absolute atomic E-state index is 0.0914. The van der Waals surface area contributed by atoms with Gasteiger partial charge in [-0.2, -0.15) is 0 Å². The molecule has 1 aromatic rings. The molecule has 0 aromatic heterocycles. The Labute approximate surface area is 155 Å². The van der Waals surface area contributed by atoms with Gasteiger partial charge in [-0.3, -0.25) is 9.59 Å². The molecular weight excluding hydrogens is 334 g/mol. The summed E-state index contributed by atoms with van der Waals surface area (Å²) in [6.07, 6.45) is 1.15. The van der Waals surface area contributed by atoms with Crippen LogP contribution in [0, 0.1) is 12.3 Å². The molecule has 1 fully saturated rings. The second-order valence-electron chi connectivity index (χ2n) is 7.42. The molecule has 1 heterocycles. The molecule has 1 unspecified atom stereocenters. The summed E-state index contributed by atoms with van der Waals surface area (Å²) in [6, 6.07) is 5.99. The standard InChI is InChI=1S/C20H29NO5/c1-14(2)16-7-6-15(3)10-17(16)26-11-18(22)21-9-5-8-20(12-21,13-25-4)19(23)24/h6-7,10,14H,5,8-9,11-13H2,1-4H3,(H,23,24). The molecule has 1 aromatic carbocycles. The van der Waals surface area contributed by atoms with Crippen molar-refractivity contribution in [2.24, 2.45) is 5.41 Å². The number of amides is 1. The zero-order valence-corrected chi connectivity index (χ0v) is 16.1. The lowest BCUT2D eigenvalue weighted by Gasteiger charge is -2.39. The van der Waals surface area contributed by atoms with Crippen LogP contribution in [0.1, 0.15) is 43.7 Å². The summed E-state index contributed by atoms with van der Waals surface area (Å²) in [6.45, 7) is 6.85. The monoisotopic (exact) mass is 363 g/mol. The Balaban J connectivity index is 2.06. The second-order valence-corrected chi connectivity index (χ2v) is 7.42. The lowest BCUT2D eigenvalue weighted by Crippen LogP contribution is -2.53. The van der Waals surface area contributed by atoms with Crippen LogP contribution in [0.2, 0.25) is 0 Å². The summed E-state index contributed by atoms with van der Waals surface area (Å²) in [5.74, 6) is -0.106. The van der Waals surface area contributed by atoms with Gasteiger partial charge in [-0.25, -0.2) is 0 Å². The molecule has 1 aliphatic rings. The predicted molar refractivity (Wildman–Crippen MR) is 98.5 cm³/mol. The van der Waals surface area contributed by atoms with E-state index < -0.39 is 11.4 Å². The average molecular weight is 363 g/mol. The molecule has 0 saturated carbocycles. The maximum Gasteiger partial charge on any atom is 0.313 e. The molecule has 26 heavy (non-hydrogen) atoms. The number of methoxy groups -OCH3 is 1. The van der Waals surface area contributed by atoms with Gasteiger partial charge >= 0.3 is 5.97 Å². The number of carbonyl (C=O) groups excluding carboxylic acids is 1. The fourth-order valence-corrected chi connectivity index (χ4v) is 3.45. The number of nitrogens with zero attached hydrogens (tertiary/aromatic N) is 1. The van der Waals surface area contributed by atoms with Crippen molar-refractivity contribution in [3.8, 4) is 5.75 Å². The Bertz CT molecular complexity index is 654. The van der Waals surface area contributed by atoms with Gasteiger partial charge in [-0.1, -0.05) is 26.0 Å². The van der Waals surface area contributed by atoms with Crippen LogP contribution in [0.15, 0.2) is 18.2 Å². The van der Waals surface area contributed by atoms with Crippen LogP contribution in [0.25, 0.3) is 0 Å². The zero-order chi connectivity index (χ0) is 19.3. The van der Waals surface area contributed by atoms with Gasteiger partial charge in [0.1, 0.15) is 11.2 Å². The van der Waals surface area contributed by atoms with E-state index >= 15 is 0 Å². The number of ether oxygens (including phenoxy) is 2. The number of hydrogen-bond acceptors (Lipinski definition) is 4. The first-order valence-electron chi connectivity index (χ1n) is 9.02. The average Bonchev–Trinajstić information content (AvgIpc) is 2.59. The molecule has 1 saturated heterocycles. The van der Waals surface area contributed by atoms with Crippen molar-refractivity contribution < 1.29 is 24.2 Å². The molecule has 6 heteroatoms. The number of carboxylic acids is 1. The highest BCUT2D eigenvalue weighted by atomic mass is 16.5. The van der Waals surface area contributed by atoms with Gasteiger partial charge in [0.25, 0.3) is 5.91 Å². The first kappa shape index (κ1) is 20.2. The van der Waals surface area contributed by atoms with E-state index in [2.05, 4.69) is 13.8 Å². The molecule has 2 rings (SSSR count). The van der Waals surface area contributed by atoms with Crippen LogP contribution in [-0.2, 0) is 14.3 Å². The van der Waals surface area contributed by atoms with Crippen molar-refractivity contribution in [2.45, 2.75) is 39.5 Å². The Morgan fingerprint density at radius 2 is 2.08 bits per heavy atom. The molecule has 6 nitrogen and oxygen atoms in total. The maximum absolute atomic E-state index is 12.6. The van der Waals surface area contributed by atoms with Crippen LogP contribution >= 0.6 is 0 Å². The first-order valence-corrected chi connectivity index (χ1v) is 9.02. The van der Waals surface area contributed by atoms with Gasteiger partial charge in [0.2, 0.25) is 0 Å². The molecule has 0 aliphatic carbocycles. The molecule has 1 atom stereocenters. The molecule has 0 spiro atoms. The van der Waals surface area contributed by atoms with E-state index in [0.29, 0.717) is 25.1 Å². The molecule has 1 N–H and O–H groups in total. The Hall–Kier alpha value is -2.08. The highest BCUT2D eigenvalue weighted by Crippen LogP contribution is 2.31. The molecule has 0 radical (unpaired) electrons. The first-order chi connectivity index (χ1) is 12.3. The molecule has 144 valence electrons. The van der Waals surface area contributed by atoms with Crippen molar-refractivity contribution in [1.82, 2.24) is 4.90 Å². The van der Waals surface area contributed by atoms with Gasteiger partial charge in [0.15, 0.2) is 6.61 Å². The van der Waals surface area contributed by atoms with Crippen molar-refractivity contribution in [3.63, 3.8) is 0 Å². The molecular formula is C20H29NO5. The summed E-state index contributed by atoms with van der Waals surface area (Å²) in [5.41, 5.74) is 1.09. The summed E-state index contributed by atoms with van der Waals surface area (Å²) < 4.78 is 10.9. The number of rotatable bonds is 7. The fraction of sp³-hybridized carbons (Fsp3) is 0.600. The largest absolute Gasteiger partial charge is 0.483 e. The number of hydrogen-bond donors (Lipinski definition) is 1. The van der Waals surface area contributed by atoms with E-state index in [1.54, 1.807) is 4.90 Å². The fourth-order valence-electron chi connectivity index (χ4n) is 3.45. The van der Waals surface area contributed by atoms with Crippen LogP contribution in [0.5, 0.6) is 5.75 Å². The van der Waals surface area contributed by atoms with Gasteiger partial charge in [0.05, 0.1) is 6.61 Å². The number of aliphatic carboxylic acids is 1. The highest BCUT2D eigenvalue weighted by molar-refractivity contribution is 5.80. The van der Waals surface area contributed by atoms with Crippen molar-refractivity contribution in [1.29, 1.82) is 0 Å². The van der Waals surface area contributed by atoms with Crippen LogP contribution in [0.3, 0.4) is 0 Å². The Kier molecular flexibility index (Phi) is 6.64. The van der Waals surface area contributed by atoms with Crippen LogP contribution < -0.4 is 4.74 Å². The second kappa shape index (κ2) is 8.54. The number of aryl methyl sites for hydroxylation is 1. The number of piperidine rings is 1. The van der Waals surface area contributed by atoms with Gasteiger partial charge in [0, 0.05) is 20.2 Å². The molecule has 0 bridgehead atoms. The summed E-state index contributed by atoms with van der Waals surface area (Å²) in [7, 11) is 1.49. The third-order valence-electron chi connectivity index (χ3n) is 4.95. The topological polar surface area (TPSA) is 76.1 Å². The van der Waals surface area contributed by atoms with E-state index in [0.717, 1.165) is 11.1 Å². The highest BCUT2D eigenvalue weighted by Gasteiger charge is 2.43. The van der Waals surface area contributed by atoms with Gasteiger partial charge < -0.3 is 19.5 Å². The van der Waals surface area contributed by atoms with Crippen molar-refractivity contribution >= 4 is 11.9 Å². The van der Waals surface area contributed by atoms with E-state index in [-0.39, 0.29) is 31.6 Å². The van der Waals surface area contributed by atoms with E-state index in [4.69, 9.17) is 9.47 Å². The number of carbonyl (C=O) groups is 2. The normalized spacial score (nSPS) is 20.3. The summed E-state index contributed by atoms with van der Waals surface area (Å²) >= 11 is 0. The smallest absolute Gasteiger partial charge is 0.313 e. The SMILES string of the molecule is COCC1(C(=O)O)CCCN(C(=O)COc2cc(C)ccc2C(C)C)C1. The zero-order valence-electron chi connectivity index (χ0n) is 16.1. The number of benzene rings is 1. The Morgan fingerprint density at radius 3 is 2.69 bits per heavy atom. The van der Waals surface area contributed by atoms with Gasteiger partial charge in [-0.05, 0) is 42.9 Å². The van der Waals surface area contributed by atoms with E-state index in [1.807, 2.05) is 25.1 Å². The van der Waals surface area contributed by atoms with Crippen molar-refractivity contribution in [2.75, 3.05) is 33.4 Å². The third-order valence-corrected chi connectivity index (χ3v) is 4.95. The van der Waals surface area contributed by atoms with Gasteiger partial charge in [-0.15, -0.1) is 0 Å². The van der Waals surface area contributed by atoms with E-state index in [1.165, 1.54) is 7.11 Å². The lowest BCUT2D eigenvalue weighted by molar-refractivity contribution is -0.159. The minimum Gasteiger partial charge on any atom is -0.483 e. The Morgan fingerprint density at radius 1 is 1.35 bits per heavy atom. The van der Waals surface area contributed by atoms with Crippen molar-refractivity contribution in [3.05, 3.63) is 29.3 Å². The summed E-state index contributed by atoms with van der Waals surface area (Å²) in [4.78, 5) is 25.9. The number of carboxylic acid groups (broad SMARTS) is 1. The lowest BCUT2D eigenvalue weighted by atomic mass is 9.80. The maximum atomic E-state index is 12.6. The van der Waals surface area contributed by atoms with Crippen LogP contribution in [-0.4, -0.2) is 55.3 Å². The third kappa shape index (κ3) is 4.55. The molecule has 1 amide bonds. The quantitative estimate of drug-likeness (QED) is 0.806. The van der Waals surface area contributed by atoms with E-state index in [9.17, 15) is 14.7 Å². The predicted octanol–water partition coefficient (Wildman–Crippen LogP) is 2.84. The van der Waals surface area contributed by atoms with Crippen LogP contribution in [0.4, 0.5) is 0 Å². The number of likely N-dealkylation sites (tertiary alicyclic amines) is 1.